The lowest BCUT2D eigenvalue weighted by molar-refractivity contribution is 0.560. The van der Waals surface area contributed by atoms with Gasteiger partial charge in [0.1, 0.15) is 11.3 Å². The van der Waals surface area contributed by atoms with Gasteiger partial charge in [0.05, 0.1) is 5.69 Å². The van der Waals surface area contributed by atoms with Crippen molar-refractivity contribution in [2.75, 3.05) is 0 Å². The Balaban J connectivity index is 1.56. The number of fused-ring (bicyclic) bond motifs is 3. The lowest BCUT2D eigenvalue weighted by Crippen LogP contribution is -2.12. The third-order valence-corrected chi connectivity index (χ3v) is 8.96. The van der Waals surface area contributed by atoms with E-state index in [0.717, 1.165) is 23.5 Å². The van der Waals surface area contributed by atoms with Gasteiger partial charge in [0.2, 0.25) is 0 Å². The predicted molar refractivity (Wildman–Crippen MR) is 164 cm³/mol. The minimum absolute atomic E-state index is 0.0319. The molecule has 0 aliphatic rings. The van der Waals surface area contributed by atoms with E-state index >= 15 is 0 Å². The maximum Gasteiger partial charge on any atom is 0.134 e. The van der Waals surface area contributed by atoms with Crippen molar-refractivity contribution in [3.63, 3.8) is 0 Å². The summed E-state index contributed by atoms with van der Waals surface area (Å²) in [4.78, 5) is 6.27. The number of hydrogen-bond donors (Lipinski definition) is 0. The SMILES string of the molecule is Cc1oc2ccc(-c3sc4ccnc(-c5cc(C(C)(C)C)c6ccccc6c5)c4c3C)cc2c1CC(C)C. The summed E-state index contributed by atoms with van der Waals surface area (Å²) in [5, 5.41) is 5.08. The van der Waals surface area contributed by atoms with Crippen LogP contribution < -0.4 is 0 Å². The highest BCUT2D eigenvalue weighted by Crippen LogP contribution is 2.44. The van der Waals surface area contributed by atoms with Crippen LogP contribution in [-0.2, 0) is 11.8 Å². The molecule has 0 fully saturated rings. The third kappa shape index (κ3) is 4.14. The first-order valence-corrected chi connectivity index (χ1v) is 14.4. The molecule has 0 saturated carbocycles. The number of thiophene rings is 1. The molecule has 0 spiro atoms. The Morgan fingerprint density at radius 2 is 1.68 bits per heavy atom. The first kappa shape index (κ1) is 24.9. The fourth-order valence-electron chi connectivity index (χ4n) is 5.83. The Hall–Kier alpha value is -3.43. The van der Waals surface area contributed by atoms with E-state index in [1.165, 1.54) is 58.9 Å². The highest BCUT2D eigenvalue weighted by molar-refractivity contribution is 7.22. The maximum atomic E-state index is 6.12. The summed E-state index contributed by atoms with van der Waals surface area (Å²) in [5.74, 6) is 1.62. The molecule has 0 aliphatic carbocycles. The fourth-order valence-corrected chi connectivity index (χ4v) is 7.03. The molecule has 0 amide bonds. The molecule has 0 unspecified atom stereocenters. The van der Waals surface area contributed by atoms with E-state index in [4.69, 9.17) is 9.40 Å². The Kier molecular flexibility index (Phi) is 5.96. The summed E-state index contributed by atoms with van der Waals surface area (Å²) in [7, 11) is 0. The van der Waals surface area contributed by atoms with Crippen molar-refractivity contribution in [1.29, 1.82) is 0 Å². The van der Waals surface area contributed by atoms with Crippen molar-refractivity contribution in [2.24, 2.45) is 5.92 Å². The summed E-state index contributed by atoms with van der Waals surface area (Å²) in [5.41, 5.74) is 8.51. The summed E-state index contributed by atoms with van der Waals surface area (Å²) < 4.78 is 7.40. The number of pyridine rings is 1. The Morgan fingerprint density at radius 3 is 2.45 bits per heavy atom. The van der Waals surface area contributed by atoms with Gasteiger partial charge in [0, 0.05) is 37.7 Å². The van der Waals surface area contributed by atoms with Crippen molar-refractivity contribution < 1.29 is 4.42 Å². The molecule has 38 heavy (non-hydrogen) atoms. The van der Waals surface area contributed by atoms with Gasteiger partial charge in [-0.2, -0.15) is 0 Å². The first-order chi connectivity index (χ1) is 18.1. The fraction of sp³-hybridized carbons (Fsp3) is 0.286. The quantitative estimate of drug-likeness (QED) is 0.232. The third-order valence-electron chi connectivity index (χ3n) is 7.65. The monoisotopic (exact) mass is 517 g/mol. The van der Waals surface area contributed by atoms with Crippen LogP contribution in [0.15, 0.2) is 71.3 Å². The molecule has 3 aromatic heterocycles. The predicted octanol–water partition coefficient (Wildman–Crippen LogP) is 10.6. The average Bonchev–Trinajstić information content (AvgIpc) is 3.38. The number of nitrogens with zero attached hydrogens (tertiary/aromatic N) is 1. The second-order valence-electron chi connectivity index (χ2n) is 12.0. The number of aromatic nitrogens is 1. The molecule has 6 rings (SSSR count). The van der Waals surface area contributed by atoms with Gasteiger partial charge in [-0.25, -0.2) is 0 Å². The van der Waals surface area contributed by atoms with Crippen LogP contribution in [0.2, 0.25) is 0 Å². The topological polar surface area (TPSA) is 26.0 Å². The molecule has 0 saturated heterocycles. The van der Waals surface area contributed by atoms with Crippen LogP contribution in [0.4, 0.5) is 0 Å². The molecule has 0 N–H and O–H groups in total. The molecule has 2 nitrogen and oxygen atoms in total. The summed E-state index contributed by atoms with van der Waals surface area (Å²) in [6.45, 7) is 15.8. The molecule has 0 radical (unpaired) electrons. The van der Waals surface area contributed by atoms with Crippen molar-refractivity contribution in [3.8, 4) is 21.7 Å². The Labute approximate surface area is 229 Å². The molecule has 0 aliphatic heterocycles. The zero-order valence-electron chi connectivity index (χ0n) is 23.4. The van der Waals surface area contributed by atoms with Crippen LogP contribution >= 0.6 is 11.3 Å². The Bertz CT molecular complexity index is 1830. The van der Waals surface area contributed by atoms with E-state index in [-0.39, 0.29) is 5.41 Å². The van der Waals surface area contributed by atoms with Gasteiger partial charge in [0.15, 0.2) is 0 Å². The number of aryl methyl sites for hydroxylation is 2. The lowest BCUT2D eigenvalue weighted by atomic mass is 9.82. The van der Waals surface area contributed by atoms with Gasteiger partial charge in [-0.15, -0.1) is 11.3 Å². The van der Waals surface area contributed by atoms with Crippen LogP contribution in [0.25, 0.3) is 53.5 Å². The molecule has 192 valence electrons. The maximum absolute atomic E-state index is 6.12. The number of furan rings is 1. The molecule has 3 heteroatoms. The van der Waals surface area contributed by atoms with E-state index in [9.17, 15) is 0 Å². The smallest absolute Gasteiger partial charge is 0.134 e. The molecular formula is C35H35NOS. The van der Waals surface area contributed by atoms with Crippen molar-refractivity contribution >= 4 is 43.2 Å². The second kappa shape index (κ2) is 9.10. The van der Waals surface area contributed by atoms with Gasteiger partial charge in [-0.1, -0.05) is 58.9 Å². The molecule has 3 aromatic carbocycles. The average molecular weight is 518 g/mol. The molecule has 0 bridgehead atoms. The van der Waals surface area contributed by atoms with Crippen molar-refractivity contribution in [1.82, 2.24) is 4.98 Å². The minimum Gasteiger partial charge on any atom is -0.461 e. The number of benzene rings is 3. The lowest BCUT2D eigenvalue weighted by Gasteiger charge is -2.23. The highest BCUT2D eigenvalue weighted by Gasteiger charge is 2.22. The Morgan fingerprint density at radius 1 is 0.895 bits per heavy atom. The van der Waals surface area contributed by atoms with E-state index in [1.807, 2.05) is 17.5 Å². The molecular weight excluding hydrogens is 482 g/mol. The van der Waals surface area contributed by atoms with E-state index in [2.05, 4.69) is 109 Å². The standard InChI is InChI=1S/C35H35NOS/c1-20(2)16-27-22(4)37-30-13-12-24(18-28(27)30)34-21(3)32-31(38-34)14-15-36-33(32)25-17-23-10-8-9-11-26(23)29(19-25)35(5,6)7/h8-15,17-20H,16H2,1-7H3. The molecule has 6 aromatic rings. The van der Waals surface area contributed by atoms with Crippen LogP contribution in [0, 0.1) is 19.8 Å². The summed E-state index contributed by atoms with van der Waals surface area (Å²) in [6.07, 6.45) is 2.99. The van der Waals surface area contributed by atoms with Crippen LogP contribution in [0.3, 0.4) is 0 Å². The second-order valence-corrected chi connectivity index (χ2v) is 13.1. The van der Waals surface area contributed by atoms with Crippen LogP contribution in [-0.4, -0.2) is 4.98 Å². The largest absolute Gasteiger partial charge is 0.461 e. The van der Waals surface area contributed by atoms with Gasteiger partial charge in [-0.3, -0.25) is 4.98 Å². The first-order valence-electron chi connectivity index (χ1n) is 13.6. The van der Waals surface area contributed by atoms with Crippen molar-refractivity contribution in [3.05, 3.63) is 89.3 Å². The summed E-state index contributed by atoms with van der Waals surface area (Å²) in [6, 6.07) is 22.2. The van der Waals surface area contributed by atoms with Gasteiger partial charge in [0.25, 0.3) is 0 Å². The van der Waals surface area contributed by atoms with E-state index in [0.29, 0.717) is 5.92 Å². The van der Waals surface area contributed by atoms with Gasteiger partial charge < -0.3 is 4.42 Å². The van der Waals surface area contributed by atoms with Gasteiger partial charge >= 0.3 is 0 Å². The highest BCUT2D eigenvalue weighted by atomic mass is 32.1. The number of hydrogen-bond acceptors (Lipinski definition) is 3. The minimum atomic E-state index is 0.0319. The summed E-state index contributed by atoms with van der Waals surface area (Å²) >= 11 is 1.86. The molecule has 3 heterocycles. The van der Waals surface area contributed by atoms with E-state index < -0.39 is 0 Å². The zero-order chi connectivity index (χ0) is 26.8. The molecule has 0 atom stereocenters. The van der Waals surface area contributed by atoms with E-state index in [1.54, 1.807) is 0 Å². The van der Waals surface area contributed by atoms with Crippen LogP contribution in [0.1, 0.15) is 57.1 Å². The number of rotatable bonds is 4. The van der Waals surface area contributed by atoms with Crippen LogP contribution in [0.5, 0.6) is 0 Å². The normalized spacial score (nSPS) is 12.4. The van der Waals surface area contributed by atoms with Crippen molar-refractivity contribution in [2.45, 2.75) is 60.3 Å². The zero-order valence-corrected chi connectivity index (χ0v) is 24.2. The van der Waals surface area contributed by atoms with Gasteiger partial charge in [-0.05, 0) is 95.5 Å².